The van der Waals surface area contributed by atoms with Crippen LogP contribution in [0.2, 0.25) is 0 Å². The Morgan fingerprint density at radius 2 is 2.10 bits per heavy atom. The first-order chi connectivity index (χ1) is 9.51. The Balaban J connectivity index is 2.13. The summed E-state index contributed by atoms with van der Waals surface area (Å²) in [5, 5.41) is 9.33. The molecule has 108 valence electrons. The molecule has 0 spiro atoms. The Morgan fingerprint density at radius 3 is 2.60 bits per heavy atom. The molecule has 1 heterocycles. The first-order valence-corrected chi connectivity index (χ1v) is 6.87. The van der Waals surface area contributed by atoms with E-state index >= 15 is 0 Å². The highest BCUT2D eigenvalue weighted by Crippen LogP contribution is 2.23. The number of amides is 1. The lowest BCUT2D eigenvalue weighted by Crippen LogP contribution is -2.43. The van der Waals surface area contributed by atoms with Crippen LogP contribution in [0.1, 0.15) is 12.0 Å². The summed E-state index contributed by atoms with van der Waals surface area (Å²) in [6, 6.07) is 4.69. The Labute approximate surface area is 121 Å². The third-order valence-electron chi connectivity index (χ3n) is 3.46. The summed E-state index contributed by atoms with van der Waals surface area (Å²) < 4.78 is 12.8. The topological polar surface area (TPSA) is 57.6 Å². The van der Waals surface area contributed by atoms with Crippen molar-refractivity contribution >= 4 is 23.5 Å². The van der Waals surface area contributed by atoms with E-state index in [9.17, 15) is 19.1 Å². The predicted molar refractivity (Wildman–Crippen MR) is 72.1 cm³/mol. The minimum Gasteiger partial charge on any atom is -0.480 e. The van der Waals surface area contributed by atoms with E-state index in [1.807, 2.05) is 0 Å². The van der Waals surface area contributed by atoms with Gasteiger partial charge in [0.2, 0.25) is 5.91 Å². The molecular formula is C14H15ClFNO3. The van der Waals surface area contributed by atoms with Crippen molar-refractivity contribution in [3.8, 4) is 0 Å². The monoisotopic (exact) mass is 299 g/mol. The summed E-state index contributed by atoms with van der Waals surface area (Å²) in [4.78, 5) is 24.6. The van der Waals surface area contributed by atoms with Gasteiger partial charge in [-0.2, -0.15) is 0 Å². The number of carbonyl (C=O) groups excluding carboxylic acids is 1. The van der Waals surface area contributed by atoms with Crippen LogP contribution < -0.4 is 0 Å². The van der Waals surface area contributed by atoms with E-state index in [-0.39, 0.29) is 30.5 Å². The minimum absolute atomic E-state index is 0.000709. The Bertz CT molecular complexity index is 506. The number of rotatable bonds is 5. The quantitative estimate of drug-likeness (QED) is 0.845. The average molecular weight is 300 g/mol. The van der Waals surface area contributed by atoms with Crippen molar-refractivity contribution in [2.24, 2.45) is 5.92 Å². The second-order valence-corrected chi connectivity index (χ2v) is 5.26. The molecule has 0 bridgehead atoms. The van der Waals surface area contributed by atoms with Crippen molar-refractivity contribution in [1.29, 1.82) is 0 Å². The normalized spacial score (nSPS) is 20.2. The molecule has 2 atom stereocenters. The number of hydrogen-bond donors (Lipinski definition) is 1. The fourth-order valence-corrected chi connectivity index (χ4v) is 2.59. The maximum Gasteiger partial charge on any atom is 0.326 e. The van der Waals surface area contributed by atoms with Crippen LogP contribution in [0.4, 0.5) is 4.39 Å². The van der Waals surface area contributed by atoms with Gasteiger partial charge in [-0.1, -0.05) is 12.1 Å². The van der Waals surface area contributed by atoms with Crippen LogP contribution >= 0.6 is 11.6 Å². The van der Waals surface area contributed by atoms with Gasteiger partial charge < -0.3 is 10.0 Å². The molecule has 1 fully saturated rings. The average Bonchev–Trinajstić information content (AvgIpc) is 2.79. The molecule has 0 radical (unpaired) electrons. The molecule has 0 aromatic heterocycles. The zero-order valence-electron chi connectivity index (χ0n) is 10.8. The Hall–Kier alpha value is -1.62. The van der Waals surface area contributed by atoms with Crippen molar-refractivity contribution < 1.29 is 19.1 Å². The molecule has 6 heteroatoms. The van der Waals surface area contributed by atoms with Crippen LogP contribution in [0.25, 0.3) is 0 Å². The van der Waals surface area contributed by atoms with E-state index in [0.717, 1.165) is 0 Å². The highest BCUT2D eigenvalue weighted by atomic mass is 35.5. The van der Waals surface area contributed by atoms with Crippen molar-refractivity contribution in [2.45, 2.75) is 18.9 Å². The number of aliphatic carboxylic acids is 1. The summed E-state index contributed by atoms with van der Waals surface area (Å²) in [6.07, 6.45) is 0.451. The van der Waals surface area contributed by atoms with Gasteiger partial charge >= 0.3 is 5.97 Å². The molecule has 1 aromatic carbocycles. The van der Waals surface area contributed by atoms with Crippen LogP contribution in [0, 0.1) is 11.7 Å². The second-order valence-electron chi connectivity index (χ2n) is 4.96. The van der Waals surface area contributed by atoms with Gasteiger partial charge in [0, 0.05) is 25.3 Å². The number of alkyl halides is 1. The van der Waals surface area contributed by atoms with Crippen molar-refractivity contribution in [3.63, 3.8) is 0 Å². The molecule has 1 amide bonds. The van der Waals surface area contributed by atoms with E-state index in [2.05, 4.69) is 0 Å². The third kappa shape index (κ3) is 3.28. The number of carboxylic acid groups (broad SMARTS) is 1. The molecule has 1 N–H and O–H groups in total. The zero-order valence-corrected chi connectivity index (χ0v) is 11.5. The first-order valence-electron chi connectivity index (χ1n) is 6.34. The van der Waals surface area contributed by atoms with Gasteiger partial charge in [-0.3, -0.25) is 4.79 Å². The lowest BCUT2D eigenvalue weighted by Gasteiger charge is -2.24. The number of carboxylic acids is 1. The smallest absolute Gasteiger partial charge is 0.326 e. The Kier molecular flexibility index (Phi) is 4.60. The molecule has 20 heavy (non-hydrogen) atoms. The van der Waals surface area contributed by atoms with Gasteiger partial charge in [-0.15, -0.1) is 11.6 Å². The van der Waals surface area contributed by atoms with Gasteiger partial charge in [-0.25, -0.2) is 9.18 Å². The fraction of sp³-hybridized carbons (Fsp3) is 0.429. The van der Waals surface area contributed by atoms with E-state index in [4.69, 9.17) is 11.6 Å². The highest BCUT2D eigenvalue weighted by molar-refractivity contribution is 6.18. The molecule has 0 aliphatic carbocycles. The summed E-state index contributed by atoms with van der Waals surface area (Å²) in [5.41, 5.74) is 0.681. The molecule has 4 nitrogen and oxygen atoms in total. The lowest BCUT2D eigenvalue weighted by atomic mass is 10.0. The van der Waals surface area contributed by atoms with Crippen LogP contribution in [-0.4, -0.2) is 40.3 Å². The van der Waals surface area contributed by atoms with Gasteiger partial charge in [0.15, 0.2) is 0 Å². The number of halogens is 2. The van der Waals surface area contributed by atoms with Crippen molar-refractivity contribution in [3.05, 3.63) is 35.6 Å². The molecule has 1 aliphatic heterocycles. The number of carbonyl (C=O) groups is 2. The molecule has 2 rings (SSSR count). The molecule has 0 saturated carbocycles. The number of hydrogen-bond acceptors (Lipinski definition) is 2. The highest BCUT2D eigenvalue weighted by Gasteiger charge is 2.37. The van der Waals surface area contributed by atoms with Crippen LogP contribution in [0.3, 0.4) is 0 Å². The number of nitrogens with zero attached hydrogens (tertiary/aromatic N) is 1. The van der Waals surface area contributed by atoms with E-state index < -0.39 is 12.0 Å². The zero-order chi connectivity index (χ0) is 14.7. The molecule has 1 aromatic rings. The van der Waals surface area contributed by atoms with Gasteiger partial charge in [0.05, 0.1) is 0 Å². The minimum atomic E-state index is -1.06. The third-order valence-corrected chi connectivity index (χ3v) is 3.90. The summed E-state index contributed by atoms with van der Waals surface area (Å²) in [7, 11) is 0. The van der Waals surface area contributed by atoms with Crippen LogP contribution in [0.15, 0.2) is 24.3 Å². The van der Waals surface area contributed by atoms with Crippen LogP contribution in [0.5, 0.6) is 0 Å². The summed E-state index contributed by atoms with van der Waals surface area (Å²) in [5.74, 6) is -1.28. The standard InChI is InChI=1S/C14H15ClFNO3/c15-7-10-6-13(18)17(8-10)12(14(19)20)5-9-1-3-11(16)4-2-9/h1-4,10,12H,5-8H2,(H,19,20). The molecular weight excluding hydrogens is 285 g/mol. The predicted octanol–water partition coefficient (Wildman–Crippen LogP) is 1.91. The maximum atomic E-state index is 12.8. The second kappa shape index (κ2) is 6.22. The molecule has 1 aliphatic rings. The summed E-state index contributed by atoms with van der Waals surface area (Å²) in [6.45, 7) is 0.362. The largest absolute Gasteiger partial charge is 0.480 e. The van der Waals surface area contributed by atoms with Crippen LogP contribution in [-0.2, 0) is 16.0 Å². The number of benzene rings is 1. The molecule has 1 saturated heterocycles. The van der Waals surface area contributed by atoms with Crippen molar-refractivity contribution in [1.82, 2.24) is 4.90 Å². The summed E-state index contributed by atoms with van der Waals surface area (Å²) >= 11 is 5.73. The first kappa shape index (κ1) is 14.8. The fourth-order valence-electron chi connectivity index (χ4n) is 2.39. The van der Waals surface area contributed by atoms with Gasteiger partial charge in [0.1, 0.15) is 11.9 Å². The van der Waals surface area contributed by atoms with Crippen molar-refractivity contribution in [2.75, 3.05) is 12.4 Å². The number of likely N-dealkylation sites (tertiary alicyclic amines) is 1. The van der Waals surface area contributed by atoms with Gasteiger partial charge in [-0.05, 0) is 23.6 Å². The van der Waals surface area contributed by atoms with E-state index in [0.29, 0.717) is 18.0 Å². The van der Waals surface area contributed by atoms with E-state index in [1.165, 1.54) is 29.2 Å². The molecule has 2 unspecified atom stereocenters. The maximum absolute atomic E-state index is 12.8. The SMILES string of the molecule is O=C(O)C(Cc1ccc(F)cc1)N1CC(CCl)CC1=O. The van der Waals surface area contributed by atoms with Gasteiger partial charge in [0.25, 0.3) is 0 Å². The lowest BCUT2D eigenvalue weighted by molar-refractivity contribution is -0.148. The Morgan fingerprint density at radius 1 is 1.45 bits per heavy atom. The van der Waals surface area contributed by atoms with E-state index in [1.54, 1.807) is 0 Å².